The number of rotatable bonds is 6. The molecule has 2 aromatic heterocycles. The maximum absolute atomic E-state index is 12.6. The number of carbonyl (C=O) groups is 1. The summed E-state index contributed by atoms with van der Waals surface area (Å²) < 4.78 is 34.8. The highest BCUT2D eigenvalue weighted by Crippen LogP contribution is 2.23. The number of esters is 1. The second-order valence-electron chi connectivity index (χ2n) is 6.16. The number of tetrazole rings is 1. The number of halogens is 2. The maximum atomic E-state index is 12.6. The number of aromatic nitrogens is 6. The molecule has 11 heteroatoms. The van der Waals surface area contributed by atoms with E-state index in [9.17, 15) is 13.6 Å². The molecule has 0 fully saturated rings. The molecule has 152 valence electrons. The summed E-state index contributed by atoms with van der Waals surface area (Å²) in [4.78, 5) is 13.1. The summed E-state index contributed by atoms with van der Waals surface area (Å²) in [6.45, 7) is 0.329. The van der Waals surface area contributed by atoms with Gasteiger partial charge in [-0.05, 0) is 35.0 Å². The van der Waals surface area contributed by atoms with E-state index in [1.807, 2.05) is 0 Å². The van der Waals surface area contributed by atoms with Gasteiger partial charge in [-0.1, -0.05) is 24.3 Å². The average Bonchev–Trinajstić information content (AvgIpc) is 3.44. The number of methoxy groups -OCH3 is 1. The van der Waals surface area contributed by atoms with E-state index in [-0.39, 0.29) is 5.89 Å². The van der Waals surface area contributed by atoms with Gasteiger partial charge in [-0.3, -0.25) is 0 Å². The van der Waals surface area contributed by atoms with Crippen LogP contribution in [0.2, 0.25) is 0 Å². The van der Waals surface area contributed by atoms with Crippen molar-refractivity contribution in [2.24, 2.45) is 0 Å². The van der Waals surface area contributed by atoms with Gasteiger partial charge in [-0.25, -0.2) is 4.79 Å². The van der Waals surface area contributed by atoms with Gasteiger partial charge in [-0.15, -0.1) is 20.4 Å². The van der Waals surface area contributed by atoms with Crippen molar-refractivity contribution >= 4 is 5.97 Å². The molecule has 0 aliphatic carbocycles. The van der Waals surface area contributed by atoms with Gasteiger partial charge in [-0.2, -0.15) is 13.6 Å². The van der Waals surface area contributed by atoms with Crippen LogP contribution in [0.25, 0.3) is 22.8 Å². The lowest BCUT2D eigenvalue weighted by Crippen LogP contribution is -2.04. The Labute approximate surface area is 168 Å². The maximum Gasteiger partial charge on any atom is 0.337 e. The zero-order valence-corrected chi connectivity index (χ0v) is 15.6. The van der Waals surface area contributed by atoms with Gasteiger partial charge in [0.1, 0.15) is 0 Å². The van der Waals surface area contributed by atoms with Gasteiger partial charge in [0.2, 0.25) is 11.7 Å². The molecule has 0 atom stereocenters. The molecule has 2 aromatic carbocycles. The topological polar surface area (TPSA) is 109 Å². The monoisotopic (exact) mass is 412 g/mol. The number of hydrogen-bond donors (Lipinski definition) is 0. The van der Waals surface area contributed by atoms with Crippen LogP contribution in [0.5, 0.6) is 0 Å². The molecule has 0 N–H and O–H groups in total. The number of ether oxygens (including phenoxy) is 1. The Balaban J connectivity index is 1.48. The molecule has 0 unspecified atom stereocenters. The van der Waals surface area contributed by atoms with Crippen molar-refractivity contribution in [3.8, 4) is 22.8 Å². The van der Waals surface area contributed by atoms with Crippen molar-refractivity contribution in [2.45, 2.75) is 13.0 Å². The largest absolute Gasteiger partial charge is 0.465 e. The van der Waals surface area contributed by atoms with Crippen molar-refractivity contribution in [1.82, 2.24) is 30.4 Å². The van der Waals surface area contributed by atoms with Gasteiger partial charge in [0, 0.05) is 11.1 Å². The molecule has 0 saturated carbocycles. The molecule has 0 radical (unpaired) electrons. The first-order chi connectivity index (χ1) is 14.5. The molecule has 4 aromatic rings. The zero-order chi connectivity index (χ0) is 21.1. The van der Waals surface area contributed by atoms with Crippen molar-refractivity contribution in [3.05, 3.63) is 65.5 Å². The lowest BCUT2D eigenvalue weighted by Gasteiger charge is -2.01. The van der Waals surface area contributed by atoms with E-state index in [1.54, 1.807) is 48.5 Å². The molecule has 0 aliphatic rings. The Hall–Kier alpha value is -4.02. The Morgan fingerprint density at radius 2 is 1.90 bits per heavy atom. The SMILES string of the molecule is COC(=O)c1cccc(-c2nnn(Cc3ccc(-c4nnc(C(F)F)o4)cc3)n2)c1. The number of hydrogen-bond acceptors (Lipinski definition) is 8. The lowest BCUT2D eigenvalue weighted by atomic mass is 10.1. The first-order valence-electron chi connectivity index (χ1n) is 8.71. The van der Waals surface area contributed by atoms with E-state index in [0.717, 1.165) is 5.56 Å². The Morgan fingerprint density at radius 1 is 1.10 bits per heavy atom. The van der Waals surface area contributed by atoms with Crippen LogP contribution in [0.15, 0.2) is 52.9 Å². The van der Waals surface area contributed by atoms with Crippen LogP contribution in [-0.2, 0) is 11.3 Å². The minimum atomic E-state index is -2.81. The standard InChI is InChI=1S/C19H14F2N6O3/c1-29-19(28)14-4-2-3-13(9-14)16-22-26-27(25-16)10-11-5-7-12(8-6-11)17-23-24-18(30-17)15(20)21/h2-9,15H,10H2,1H3. The summed E-state index contributed by atoms with van der Waals surface area (Å²) in [5, 5.41) is 19.3. The third kappa shape index (κ3) is 4.04. The Morgan fingerprint density at radius 3 is 2.60 bits per heavy atom. The normalized spacial score (nSPS) is 11.1. The van der Waals surface area contributed by atoms with Gasteiger partial charge in [0.25, 0.3) is 5.89 Å². The summed E-state index contributed by atoms with van der Waals surface area (Å²) in [5.74, 6) is -0.790. The fourth-order valence-electron chi connectivity index (χ4n) is 2.68. The molecule has 9 nitrogen and oxygen atoms in total. The van der Waals surface area contributed by atoms with Crippen LogP contribution < -0.4 is 0 Å². The summed E-state index contributed by atoms with van der Waals surface area (Å²) in [6, 6.07) is 13.6. The highest BCUT2D eigenvalue weighted by Gasteiger charge is 2.17. The predicted molar refractivity (Wildman–Crippen MR) is 98.4 cm³/mol. The number of benzene rings is 2. The van der Waals surface area contributed by atoms with Crippen LogP contribution in [0, 0.1) is 0 Å². The summed E-state index contributed by atoms with van der Waals surface area (Å²) in [6.07, 6.45) is -2.81. The summed E-state index contributed by atoms with van der Waals surface area (Å²) >= 11 is 0. The molecule has 0 spiro atoms. The number of alkyl halides is 2. The van der Waals surface area contributed by atoms with Crippen LogP contribution >= 0.6 is 0 Å². The van der Waals surface area contributed by atoms with E-state index in [0.29, 0.717) is 29.1 Å². The number of carbonyl (C=O) groups excluding carboxylic acids is 1. The molecule has 0 saturated heterocycles. The smallest absolute Gasteiger partial charge is 0.337 e. The third-order valence-corrected chi connectivity index (χ3v) is 4.15. The second-order valence-corrected chi connectivity index (χ2v) is 6.16. The molecule has 2 heterocycles. The van der Waals surface area contributed by atoms with Crippen molar-refractivity contribution in [1.29, 1.82) is 0 Å². The fourth-order valence-corrected chi connectivity index (χ4v) is 2.68. The van der Waals surface area contributed by atoms with E-state index < -0.39 is 18.3 Å². The minimum absolute atomic E-state index is 0.0171. The Bertz CT molecular complexity index is 1170. The lowest BCUT2D eigenvalue weighted by molar-refractivity contribution is 0.0600. The molecular formula is C19H14F2N6O3. The molecule has 0 amide bonds. The minimum Gasteiger partial charge on any atom is -0.465 e. The van der Waals surface area contributed by atoms with Crippen molar-refractivity contribution in [3.63, 3.8) is 0 Å². The Kier molecular flexibility index (Phi) is 5.24. The zero-order valence-electron chi connectivity index (χ0n) is 15.6. The van der Waals surface area contributed by atoms with Crippen LogP contribution in [-0.4, -0.2) is 43.5 Å². The van der Waals surface area contributed by atoms with Crippen LogP contribution in [0.1, 0.15) is 28.2 Å². The predicted octanol–water partition coefficient (Wildman–Crippen LogP) is 3.16. The second kappa shape index (κ2) is 8.15. The molecule has 0 bridgehead atoms. The fraction of sp³-hybridized carbons (Fsp3) is 0.158. The van der Waals surface area contributed by atoms with Gasteiger partial charge in [0.05, 0.1) is 19.2 Å². The molecular weight excluding hydrogens is 398 g/mol. The average molecular weight is 412 g/mol. The first-order valence-corrected chi connectivity index (χ1v) is 8.71. The van der Waals surface area contributed by atoms with E-state index in [1.165, 1.54) is 11.9 Å². The molecule has 0 aliphatic heterocycles. The van der Waals surface area contributed by atoms with Crippen LogP contribution in [0.3, 0.4) is 0 Å². The number of nitrogens with zero attached hydrogens (tertiary/aromatic N) is 6. The van der Waals surface area contributed by atoms with Crippen molar-refractivity contribution < 1.29 is 22.7 Å². The molecule has 30 heavy (non-hydrogen) atoms. The van der Waals surface area contributed by atoms with Gasteiger partial charge < -0.3 is 9.15 Å². The first kappa shape index (κ1) is 19.3. The summed E-state index contributed by atoms with van der Waals surface area (Å²) in [5.41, 5.74) is 2.38. The van der Waals surface area contributed by atoms with E-state index in [2.05, 4.69) is 25.6 Å². The quantitative estimate of drug-likeness (QED) is 0.444. The van der Waals surface area contributed by atoms with E-state index >= 15 is 0 Å². The highest BCUT2D eigenvalue weighted by atomic mass is 19.3. The van der Waals surface area contributed by atoms with Crippen LogP contribution in [0.4, 0.5) is 8.78 Å². The van der Waals surface area contributed by atoms with Gasteiger partial charge in [0.15, 0.2) is 0 Å². The third-order valence-electron chi connectivity index (χ3n) is 4.15. The summed E-state index contributed by atoms with van der Waals surface area (Å²) in [7, 11) is 1.31. The highest BCUT2D eigenvalue weighted by molar-refractivity contribution is 5.90. The van der Waals surface area contributed by atoms with Crippen molar-refractivity contribution in [2.75, 3.05) is 7.11 Å². The van der Waals surface area contributed by atoms with E-state index in [4.69, 9.17) is 9.15 Å². The molecule has 4 rings (SSSR count). The van der Waals surface area contributed by atoms with Gasteiger partial charge >= 0.3 is 12.4 Å².